The molecule has 1 N–H and O–H groups in total. The molecule has 0 aromatic heterocycles. The maximum atomic E-state index is 12.4. The molecule has 6 heteroatoms. The van der Waals surface area contributed by atoms with Crippen LogP contribution in [0.2, 0.25) is 0 Å². The van der Waals surface area contributed by atoms with Crippen LogP contribution in [0.4, 0.5) is 0 Å². The molecule has 0 aliphatic carbocycles. The molecular formula is C17H23N3O3. The molecule has 0 bridgehead atoms. The van der Waals surface area contributed by atoms with E-state index in [0.29, 0.717) is 24.5 Å². The first-order valence-electron chi connectivity index (χ1n) is 7.64. The molecule has 1 aliphatic rings. The number of likely N-dealkylation sites (tertiary alicyclic amines) is 1. The molecule has 1 aliphatic heterocycles. The number of hydrogen-bond acceptors (Lipinski definition) is 5. The number of nitrogens with zero attached hydrogens (tertiary/aromatic N) is 2. The van der Waals surface area contributed by atoms with Gasteiger partial charge in [-0.05, 0) is 37.1 Å². The van der Waals surface area contributed by atoms with Crippen LogP contribution in [0.1, 0.15) is 24.0 Å². The topological polar surface area (TPSA) is 74.6 Å². The molecule has 6 nitrogen and oxygen atoms in total. The van der Waals surface area contributed by atoms with E-state index in [1.54, 1.807) is 27.3 Å². The molecule has 1 saturated heterocycles. The highest BCUT2D eigenvalue weighted by molar-refractivity contribution is 5.86. The average molecular weight is 317 g/mol. The van der Waals surface area contributed by atoms with Crippen molar-refractivity contribution in [1.29, 1.82) is 5.26 Å². The second kappa shape index (κ2) is 7.44. The standard InChI is InChI=1S/C17H23N3O3/c1-19-16(21)17(12-22-2)7-4-8-20(17)11-13-5-6-14(10-18)15(9-13)23-3/h5-6,9H,4,7-8,11-12H2,1-3H3,(H,19,21). The first kappa shape index (κ1) is 17.3. The van der Waals surface area contributed by atoms with Crippen molar-refractivity contribution in [1.82, 2.24) is 10.2 Å². The second-order valence-electron chi connectivity index (χ2n) is 5.72. The summed E-state index contributed by atoms with van der Waals surface area (Å²) in [6.07, 6.45) is 1.72. The fraction of sp³-hybridized carbons (Fsp3) is 0.529. The van der Waals surface area contributed by atoms with Gasteiger partial charge in [0.15, 0.2) is 0 Å². The number of carbonyl (C=O) groups excluding carboxylic acids is 1. The molecule has 23 heavy (non-hydrogen) atoms. The lowest BCUT2D eigenvalue weighted by Crippen LogP contribution is -2.57. The van der Waals surface area contributed by atoms with E-state index in [4.69, 9.17) is 14.7 Å². The molecule has 1 aromatic rings. The normalized spacial score (nSPS) is 21.0. The summed E-state index contributed by atoms with van der Waals surface area (Å²) in [7, 11) is 4.82. The first-order chi connectivity index (χ1) is 11.1. The van der Waals surface area contributed by atoms with E-state index in [-0.39, 0.29) is 5.91 Å². The van der Waals surface area contributed by atoms with Gasteiger partial charge in [-0.15, -0.1) is 0 Å². The van der Waals surface area contributed by atoms with Crippen LogP contribution >= 0.6 is 0 Å². The van der Waals surface area contributed by atoms with Crippen molar-refractivity contribution in [3.63, 3.8) is 0 Å². The number of ether oxygens (including phenoxy) is 2. The van der Waals surface area contributed by atoms with Crippen LogP contribution in [0.5, 0.6) is 5.75 Å². The van der Waals surface area contributed by atoms with Gasteiger partial charge in [0.2, 0.25) is 5.91 Å². The van der Waals surface area contributed by atoms with Gasteiger partial charge in [-0.25, -0.2) is 0 Å². The van der Waals surface area contributed by atoms with Gasteiger partial charge in [0.25, 0.3) is 0 Å². The predicted molar refractivity (Wildman–Crippen MR) is 86.0 cm³/mol. The molecule has 0 saturated carbocycles. The number of benzene rings is 1. The molecule has 1 aromatic carbocycles. The summed E-state index contributed by atoms with van der Waals surface area (Å²) in [4.78, 5) is 14.6. The quantitative estimate of drug-likeness (QED) is 0.856. The summed E-state index contributed by atoms with van der Waals surface area (Å²) in [5.74, 6) is 0.541. The molecule has 1 amide bonds. The second-order valence-corrected chi connectivity index (χ2v) is 5.72. The van der Waals surface area contributed by atoms with Gasteiger partial charge >= 0.3 is 0 Å². The maximum absolute atomic E-state index is 12.4. The minimum absolute atomic E-state index is 0.0162. The number of likely N-dealkylation sites (N-methyl/N-ethyl adjacent to an activating group) is 1. The third-order valence-corrected chi connectivity index (χ3v) is 4.42. The molecule has 0 radical (unpaired) electrons. The van der Waals surface area contributed by atoms with Crippen molar-refractivity contribution in [2.75, 3.05) is 34.4 Å². The summed E-state index contributed by atoms with van der Waals surface area (Å²) < 4.78 is 10.6. The zero-order chi connectivity index (χ0) is 16.9. The third kappa shape index (κ3) is 3.31. The monoisotopic (exact) mass is 317 g/mol. The number of hydrogen-bond donors (Lipinski definition) is 1. The highest BCUT2D eigenvalue weighted by atomic mass is 16.5. The molecular weight excluding hydrogens is 294 g/mol. The maximum Gasteiger partial charge on any atom is 0.242 e. The molecule has 1 fully saturated rings. The van der Waals surface area contributed by atoms with Gasteiger partial charge in [-0.1, -0.05) is 6.07 Å². The SMILES string of the molecule is CNC(=O)C1(COC)CCCN1Cc1ccc(C#N)c(OC)c1. The Morgan fingerprint density at radius 2 is 2.26 bits per heavy atom. The average Bonchev–Trinajstić information content (AvgIpc) is 2.97. The van der Waals surface area contributed by atoms with Crippen LogP contribution in [0.25, 0.3) is 0 Å². The van der Waals surface area contributed by atoms with Gasteiger partial charge in [0.1, 0.15) is 17.4 Å². The Morgan fingerprint density at radius 1 is 1.48 bits per heavy atom. The molecule has 1 atom stereocenters. The van der Waals surface area contributed by atoms with Crippen LogP contribution in [0.3, 0.4) is 0 Å². The molecule has 1 heterocycles. The Bertz CT molecular complexity index is 612. The van der Waals surface area contributed by atoms with Crippen molar-refractivity contribution < 1.29 is 14.3 Å². The van der Waals surface area contributed by atoms with E-state index < -0.39 is 5.54 Å². The third-order valence-electron chi connectivity index (χ3n) is 4.42. The summed E-state index contributed by atoms with van der Waals surface area (Å²) >= 11 is 0. The molecule has 124 valence electrons. The molecule has 0 spiro atoms. The minimum atomic E-state index is -0.634. The molecule has 2 rings (SSSR count). The number of amides is 1. The Morgan fingerprint density at radius 3 is 2.87 bits per heavy atom. The van der Waals surface area contributed by atoms with Gasteiger partial charge in [0, 0.05) is 20.7 Å². The number of nitrogens with one attached hydrogen (secondary N) is 1. The fourth-order valence-electron chi connectivity index (χ4n) is 3.27. The van der Waals surface area contributed by atoms with E-state index in [9.17, 15) is 4.79 Å². The van der Waals surface area contributed by atoms with Gasteiger partial charge in [-0.2, -0.15) is 5.26 Å². The van der Waals surface area contributed by atoms with Gasteiger partial charge in [0.05, 0.1) is 19.3 Å². The van der Waals surface area contributed by atoms with E-state index in [1.165, 1.54) is 0 Å². The Hall–Kier alpha value is -2.10. The number of rotatable bonds is 6. The highest BCUT2D eigenvalue weighted by Crippen LogP contribution is 2.32. The van der Waals surface area contributed by atoms with Crippen molar-refractivity contribution in [2.45, 2.75) is 24.9 Å². The zero-order valence-electron chi connectivity index (χ0n) is 13.9. The van der Waals surface area contributed by atoms with Crippen LogP contribution in [0, 0.1) is 11.3 Å². The van der Waals surface area contributed by atoms with E-state index in [2.05, 4.69) is 16.3 Å². The predicted octanol–water partition coefficient (Wildman–Crippen LogP) is 1.29. The highest BCUT2D eigenvalue weighted by Gasteiger charge is 2.46. The Kier molecular flexibility index (Phi) is 5.59. The van der Waals surface area contributed by atoms with Crippen molar-refractivity contribution in [3.05, 3.63) is 29.3 Å². The van der Waals surface area contributed by atoms with Gasteiger partial charge in [-0.3, -0.25) is 9.69 Å². The van der Waals surface area contributed by atoms with Crippen molar-refractivity contribution >= 4 is 5.91 Å². The minimum Gasteiger partial charge on any atom is -0.495 e. The Balaban J connectivity index is 2.27. The van der Waals surface area contributed by atoms with Crippen LogP contribution in [0.15, 0.2) is 18.2 Å². The summed E-state index contributed by atoms with van der Waals surface area (Å²) in [6.45, 7) is 1.80. The number of carbonyl (C=O) groups is 1. The lowest BCUT2D eigenvalue weighted by Gasteiger charge is -2.36. The van der Waals surface area contributed by atoms with Crippen LogP contribution < -0.4 is 10.1 Å². The largest absolute Gasteiger partial charge is 0.495 e. The van der Waals surface area contributed by atoms with Crippen molar-refractivity contribution in [3.8, 4) is 11.8 Å². The summed E-state index contributed by atoms with van der Waals surface area (Å²) in [6, 6.07) is 7.62. The Labute approximate surface area is 137 Å². The fourth-order valence-corrected chi connectivity index (χ4v) is 3.27. The van der Waals surface area contributed by atoms with Crippen LogP contribution in [-0.2, 0) is 16.1 Å². The summed E-state index contributed by atoms with van der Waals surface area (Å²) in [5, 5.41) is 11.8. The lowest BCUT2D eigenvalue weighted by atomic mass is 9.95. The lowest BCUT2D eigenvalue weighted by molar-refractivity contribution is -0.135. The summed E-state index contributed by atoms with van der Waals surface area (Å²) in [5.41, 5.74) is 0.879. The molecule has 1 unspecified atom stereocenters. The van der Waals surface area contributed by atoms with Gasteiger partial charge < -0.3 is 14.8 Å². The van der Waals surface area contributed by atoms with E-state index in [1.807, 2.05) is 12.1 Å². The first-order valence-corrected chi connectivity index (χ1v) is 7.64. The number of methoxy groups -OCH3 is 2. The van der Waals surface area contributed by atoms with Crippen LogP contribution in [-0.4, -0.2) is 50.8 Å². The number of nitriles is 1. The van der Waals surface area contributed by atoms with E-state index >= 15 is 0 Å². The zero-order valence-corrected chi connectivity index (χ0v) is 13.9. The van der Waals surface area contributed by atoms with Crippen molar-refractivity contribution in [2.24, 2.45) is 0 Å². The van der Waals surface area contributed by atoms with E-state index in [0.717, 1.165) is 24.9 Å². The smallest absolute Gasteiger partial charge is 0.242 e.